The van der Waals surface area contributed by atoms with Crippen LogP contribution in [0.3, 0.4) is 0 Å². The maximum absolute atomic E-state index is 12.6. The average Bonchev–Trinajstić information content (AvgIpc) is 2.07. The molecule has 1 N–H and O–H groups in total. The van der Waals surface area contributed by atoms with E-state index in [0.29, 0.717) is 5.92 Å². The van der Waals surface area contributed by atoms with Gasteiger partial charge in [0.05, 0.1) is 0 Å². The summed E-state index contributed by atoms with van der Waals surface area (Å²) in [4.78, 5) is 0. The van der Waals surface area contributed by atoms with Gasteiger partial charge in [-0.15, -0.1) is 0 Å². The molecule has 0 atom stereocenters. The molecule has 0 heterocycles. The van der Waals surface area contributed by atoms with Crippen molar-refractivity contribution in [3.8, 4) is 0 Å². The number of hydrogen-bond acceptors (Lipinski definition) is 1. The van der Waals surface area contributed by atoms with Gasteiger partial charge in [-0.2, -0.15) is 0 Å². The third kappa shape index (κ3) is 3.60. The zero-order valence-electron chi connectivity index (χ0n) is 8.68. The van der Waals surface area contributed by atoms with E-state index in [1.165, 1.54) is 12.1 Å². The number of hydrogen-bond donors (Lipinski definition) is 1. The van der Waals surface area contributed by atoms with Gasteiger partial charge in [-0.25, -0.2) is 4.39 Å². The molecule has 1 nitrogen and oxygen atoms in total. The maximum atomic E-state index is 12.6. The quantitative estimate of drug-likeness (QED) is 0.767. The molecule has 14 heavy (non-hydrogen) atoms. The van der Waals surface area contributed by atoms with Crippen molar-refractivity contribution in [3.63, 3.8) is 0 Å². The first-order valence-electron chi connectivity index (χ1n) is 4.78. The summed E-state index contributed by atoms with van der Waals surface area (Å²) in [5.41, 5.74) is 1.85. The molecule has 0 saturated heterocycles. The summed E-state index contributed by atoms with van der Waals surface area (Å²) in [6.07, 6.45) is 0.928. The molecule has 0 aromatic heterocycles. The molecule has 0 aliphatic heterocycles. The van der Waals surface area contributed by atoms with Crippen LogP contribution in [0.15, 0.2) is 36.5 Å². The first kappa shape index (κ1) is 10.8. The molecule has 0 amide bonds. The van der Waals surface area contributed by atoms with Gasteiger partial charge >= 0.3 is 0 Å². The van der Waals surface area contributed by atoms with Crippen LogP contribution in [0.2, 0.25) is 0 Å². The predicted molar refractivity (Wildman–Crippen MR) is 58.6 cm³/mol. The van der Waals surface area contributed by atoms with Gasteiger partial charge in [0.1, 0.15) is 5.82 Å². The van der Waals surface area contributed by atoms with Crippen LogP contribution in [-0.2, 0) is 0 Å². The van der Waals surface area contributed by atoms with E-state index in [1.807, 2.05) is 0 Å². The molecule has 0 unspecified atom stereocenters. The van der Waals surface area contributed by atoms with E-state index in [2.05, 4.69) is 25.7 Å². The molecule has 0 spiro atoms. The zero-order valence-corrected chi connectivity index (χ0v) is 8.68. The Morgan fingerprint density at radius 2 is 1.93 bits per heavy atom. The van der Waals surface area contributed by atoms with E-state index in [4.69, 9.17) is 0 Å². The number of allylic oxidation sites excluding steroid dienone is 1. The second kappa shape index (κ2) is 4.80. The van der Waals surface area contributed by atoms with Gasteiger partial charge in [0.15, 0.2) is 0 Å². The molecule has 0 fully saturated rings. The van der Waals surface area contributed by atoms with Gasteiger partial charge in [0.2, 0.25) is 0 Å². The van der Waals surface area contributed by atoms with Crippen molar-refractivity contribution in [2.75, 3.05) is 5.32 Å². The predicted octanol–water partition coefficient (Wildman–Crippen LogP) is 3.80. The summed E-state index contributed by atoms with van der Waals surface area (Å²) in [6.45, 7) is 8.18. The first-order valence-corrected chi connectivity index (χ1v) is 4.78. The van der Waals surface area contributed by atoms with Crippen LogP contribution in [0.25, 0.3) is 0 Å². The molecule has 0 bridgehead atoms. The lowest BCUT2D eigenvalue weighted by molar-refractivity contribution is 0.627. The zero-order chi connectivity index (χ0) is 10.6. The van der Waals surface area contributed by atoms with Crippen LogP contribution in [-0.4, -0.2) is 0 Å². The number of nitrogens with one attached hydrogen (secondary N) is 1. The number of anilines is 1. The third-order valence-corrected chi connectivity index (χ3v) is 1.82. The maximum Gasteiger partial charge on any atom is 0.123 e. The summed E-state index contributed by atoms with van der Waals surface area (Å²) < 4.78 is 12.6. The Morgan fingerprint density at radius 1 is 1.36 bits per heavy atom. The van der Waals surface area contributed by atoms with E-state index in [9.17, 15) is 4.39 Å². The van der Waals surface area contributed by atoms with Crippen LogP contribution in [0.4, 0.5) is 10.1 Å². The van der Waals surface area contributed by atoms with E-state index >= 15 is 0 Å². The fourth-order valence-corrected chi connectivity index (χ4v) is 1.28. The molecule has 76 valence electrons. The lowest BCUT2D eigenvalue weighted by Crippen LogP contribution is -2.01. The molecule has 1 rings (SSSR count). The Kier molecular flexibility index (Phi) is 3.69. The Hall–Kier alpha value is -1.31. The van der Waals surface area contributed by atoms with Crippen molar-refractivity contribution in [3.05, 3.63) is 42.4 Å². The van der Waals surface area contributed by atoms with Crippen LogP contribution in [0.1, 0.15) is 20.3 Å². The first-order chi connectivity index (χ1) is 6.58. The highest BCUT2D eigenvalue weighted by molar-refractivity contribution is 5.47. The molecule has 0 aliphatic rings. The Labute approximate surface area is 84.6 Å². The van der Waals surface area contributed by atoms with Crippen LogP contribution < -0.4 is 5.32 Å². The molecule has 1 aromatic rings. The van der Waals surface area contributed by atoms with Gasteiger partial charge in [-0.3, -0.25) is 0 Å². The van der Waals surface area contributed by atoms with Gasteiger partial charge in [0.25, 0.3) is 0 Å². The lowest BCUT2D eigenvalue weighted by atomic mass is 10.1. The highest BCUT2D eigenvalue weighted by atomic mass is 19.1. The molecule has 0 radical (unpaired) electrons. The van der Waals surface area contributed by atoms with Crippen LogP contribution in [0.5, 0.6) is 0 Å². The molecule has 1 aromatic carbocycles. The molecular formula is C12H16FN. The summed E-state index contributed by atoms with van der Waals surface area (Å²) >= 11 is 0. The second-order valence-electron chi connectivity index (χ2n) is 3.83. The number of rotatable bonds is 4. The van der Waals surface area contributed by atoms with E-state index in [0.717, 1.165) is 17.8 Å². The van der Waals surface area contributed by atoms with E-state index < -0.39 is 0 Å². The van der Waals surface area contributed by atoms with Gasteiger partial charge in [0, 0.05) is 11.4 Å². The minimum absolute atomic E-state index is 0.218. The van der Waals surface area contributed by atoms with Crippen molar-refractivity contribution < 1.29 is 4.39 Å². The van der Waals surface area contributed by atoms with Crippen molar-refractivity contribution in [1.29, 1.82) is 0 Å². The minimum atomic E-state index is -0.218. The topological polar surface area (TPSA) is 12.0 Å². The van der Waals surface area contributed by atoms with E-state index in [-0.39, 0.29) is 5.82 Å². The van der Waals surface area contributed by atoms with E-state index in [1.54, 1.807) is 12.1 Å². The number of halogens is 1. The normalized spacial score (nSPS) is 10.3. The monoisotopic (exact) mass is 193 g/mol. The molecular weight excluding hydrogens is 177 g/mol. The summed E-state index contributed by atoms with van der Waals surface area (Å²) in [7, 11) is 0. The smallest absolute Gasteiger partial charge is 0.123 e. The number of benzene rings is 1. The van der Waals surface area contributed by atoms with Crippen LogP contribution in [0, 0.1) is 11.7 Å². The highest BCUT2D eigenvalue weighted by Crippen LogP contribution is 2.14. The second-order valence-corrected chi connectivity index (χ2v) is 3.83. The third-order valence-electron chi connectivity index (χ3n) is 1.82. The Morgan fingerprint density at radius 3 is 2.43 bits per heavy atom. The highest BCUT2D eigenvalue weighted by Gasteiger charge is 1.99. The Balaban J connectivity index is 2.52. The summed E-state index contributed by atoms with van der Waals surface area (Å²) in [6, 6.07) is 6.29. The minimum Gasteiger partial charge on any atom is -0.359 e. The molecule has 0 saturated carbocycles. The van der Waals surface area contributed by atoms with Crippen molar-refractivity contribution in [2.24, 2.45) is 5.92 Å². The van der Waals surface area contributed by atoms with Gasteiger partial charge in [-0.05, 0) is 36.6 Å². The van der Waals surface area contributed by atoms with Crippen molar-refractivity contribution in [1.82, 2.24) is 0 Å². The van der Waals surface area contributed by atoms with Crippen molar-refractivity contribution >= 4 is 5.69 Å². The summed E-state index contributed by atoms with van der Waals surface area (Å²) in [5, 5.41) is 3.14. The lowest BCUT2D eigenvalue weighted by Gasteiger charge is -2.11. The SMILES string of the molecule is C=C(CC(C)C)Nc1ccc(F)cc1. The van der Waals surface area contributed by atoms with Gasteiger partial charge < -0.3 is 5.32 Å². The fraction of sp³-hybridized carbons (Fsp3) is 0.333. The van der Waals surface area contributed by atoms with Crippen LogP contribution >= 0.6 is 0 Å². The molecule has 0 aliphatic carbocycles. The molecule has 2 heteroatoms. The Bertz CT molecular complexity index is 301. The van der Waals surface area contributed by atoms with Crippen molar-refractivity contribution in [2.45, 2.75) is 20.3 Å². The largest absolute Gasteiger partial charge is 0.359 e. The average molecular weight is 193 g/mol. The fourth-order valence-electron chi connectivity index (χ4n) is 1.28. The summed E-state index contributed by atoms with van der Waals surface area (Å²) in [5.74, 6) is 0.362. The van der Waals surface area contributed by atoms with Gasteiger partial charge in [-0.1, -0.05) is 20.4 Å². The standard InChI is InChI=1S/C12H16FN/c1-9(2)8-10(3)14-12-6-4-11(13)5-7-12/h4-7,9,14H,3,8H2,1-2H3.